The fourth-order valence-electron chi connectivity index (χ4n) is 5.97. The van der Waals surface area contributed by atoms with E-state index < -0.39 is 5.60 Å². The van der Waals surface area contributed by atoms with Crippen molar-refractivity contribution in [3.63, 3.8) is 0 Å². The average Bonchev–Trinajstić information content (AvgIpc) is 3.03. The Hall–Kier alpha value is -0.505. The van der Waals surface area contributed by atoms with Crippen LogP contribution in [-0.4, -0.2) is 31.1 Å². The molecule has 3 nitrogen and oxygen atoms in total. The van der Waals surface area contributed by atoms with Crippen LogP contribution in [0.3, 0.4) is 0 Å². The lowest BCUT2D eigenvalue weighted by Crippen LogP contribution is -2.54. The van der Waals surface area contributed by atoms with Crippen LogP contribution in [0.2, 0.25) is 5.82 Å². The maximum Gasteiger partial charge on any atom is 0.302 e. The molecule has 0 aromatic carbocycles. The van der Waals surface area contributed by atoms with E-state index in [9.17, 15) is 9.90 Å². The molecule has 118 valence electrons. The molecule has 0 aromatic heterocycles. The zero-order valence-corrected chi connectivity index (χ0v) is 14.2. The van der Waals surface area contributed by atoms with Crippen molar-refractivity contribution in [3.05, 3.63) is 0 Å². The van der Waals surface area contributed by atoms with Gasteiger partial charge in [-0.15, -0.1) is 0 Å². The van der Waals surface area contributed by atoms with Gasteiger partial charge in [-0.1, -0.05) is 26.1 Å². The second-order valence-electron chi connectivity index (χ2n) is 8.82. The highest BCUT2D eigenvalue weighted by atomic mass is 16.5. The van der Waals surface area contributed by atoms with Crippen molar-refractivity contribution in [2.75, 3.05) is 6.61 Å². The van der Waals surface area contributed by atoms with Crippen molar-refractivity contribution in [3.8, 4) is 0 Å². The standard InChI is InChI=1S/C17H29BO3/c1-11(19)21-10-17-9-16(17)8-6-13(18)14(2,3)12(16)5-7-15(17,4)20/h12-13,20H,5-10,18H2,1-4H3/t12-,13+,15+,16?,17+/m1/s1. The molecular weight excluding hydrogens is 263 g/mol. The number of hydrogen-bond acceptors (Lipinski definition) is 3. The predicted molar refractivity (Wildman–Crippen MR) is 84.8 cm³/mol. The molecule has 3 fully saturated rings. The third kappa shape index (κ3) is 1.81. The number of rotatable bonds is 2. The first-order valence-electron chi connectivity index (χ1n) is 8.45. The lowest BCUT2D eigenvalue weighted by molar-refractivity contribution is -0.160. The summed E-state index contributed by atoms with van der Waals surface area (Å²) in [5, 5.41) is 11.0. The van der Waals surface area contributed by atoms with Gasteiger partial charge in [-0.25, -0.2) is 0 Å². The van der Waals surface area contributed by atoms with Gasteiger partial charge in [-0.05, 0) is 49.4 Å². The summed E-state index contributed by atoms with van der Waals surface area (Å²) in [6, 6.07) is 0. The Morgan fingerprint density at radius 2 is 1.95 bits per heavy atom. The molecule has 4 heteroatoms. The third-order valence-electron chi connectivity index (χ3n) is 7.78. The summed E-state index contributed by atoms with van der Waals surface area (Å²) in [6.45, 7) is 8.63. The largest absolute Gasteiger partial charge is 0.465 e. The molecule has 1 unspecified atom stereocenters. The van der Waals surface area contributed by atoms with E-state index in [1.165, 1.54) is 19.8 Å². The molecule has 0 heterocycles. The highest BCUT2D eigenvalue weighted by molar-refractivity contribution is 6.12. The van der Waals surface area contributed by atoms with E-state index >= 15 is 0 Å². The van der Waals surface area contributed by atoms with Gasteiger partial charge in [0.05, 0.1) is 5.60 Å². The van der Waals surface area contributed by atoms with E-state index in [0.29, 0.717) is 17.9 Å². The first-order chi connectivity index (χ1) is 9.59. The van der Waals surface area contributed by atoms with E-state index in [2.05, 4.69) is 21.7 Å². The molecule has 0 amide bonds. The maximum absolute atomic E-state index is 11.3. The van der Waals surface area contributed by atoms with Crippen LogP contribution in [0.15, 0.2) is 0 Å². The van der Waals surface area contributed by atoms with Crippen LogP contribution in [0.5, 0.6) is 0 Å². The molecule has 0 saturated heterocycles. The molecule has 0 radical (unpaired) electrons. The lowest BCUT2D eigenvalue weighted by atomic mass is 9.46. The minimum absolute atomic E-state index is 0.195. The van der Waals surface area contributed by atoms with Crippen LogP contribution in [0.25, 0.3) is 0 Å². The second kappa shape index (κ2) is 4.28. The summed E-state index contributed by atoms with van der Waals surface area (Å²) in [6.07, 6.45) is 5.37. The highest BCUT2D eigenvalue weighted by Crippen LogP contribution is 2.83. The summed E-state index contributed by atoms with van der Waals surface area (Å²) in [5.74, 6) is 1.14. The first-order valence-corrected chi connectivity index (χ1v) is 8.45. The minimum atomic E-state index is -0.699. The molecule has 3 rings (SSSR count). The van der Waals surface area contributed by atoms with Gasteiger partial charge in [0.25, 0.3) is 0 Å². The van der Waals surface area contributed by atoms with Gasteiger partial charge < -0.3 is 9.84 Å². The smallest absolute Gasteiger partial charge is 0.302 e. The molecule has 0 bridgehead atoms. The van der Waals surface area contributed by atoms with Gasteiger partial charge in [0.2, 0.25) is 0 Å². The molecular formula is C17H29BO3. The van der Waals surface area contributed by atoms with Gasteiger partial charge in [0.15, 0.2) is 0 Å². The van der Waals surface area contributed by atoms with Crippen molar-refractivity contribution in [1.82, 2.24) is 0 Å². The molecule has 0 aliphatic heterocycles. The third-order valence-corrected chi connectivity index (χ3v) is 7.78. The fraction of sp³-hybridized carbons (Fsp3) is 0.941. The Morgan fingerprint density at radius 3 is 2.57 bits per heavy atom. The van der Waals surface area contributed by atoms with Crippen molar-refractivity contribution in [2.45, 2.75) is 71.2 Å². The number of ether oxygens (including phenoxy) is 1. The molecule has 1 spiro atoms. The number of carbonyl (C=O) groups excluding carboxylic acids is 1. The zero-order chi connectivity index (χ0) is 15.7. The monoisotopic (exact) mass is 292 g/mol. The Bertz CT molecular complexity index is 473. The van der Waals surface area contributed by atoms with E-state index in [4.69, 9.17) is 4.74 Å². The Labute approximate surface area is 129 Å². The van der Waals surface area contributed by atoms with Gasteiger partial charge in [-0.3, -0.25) is 4.79 Å². The minimum Gasteiger partial charge on any atom is -0.465 e. The number of carbonyl (C=O) groups is 1. The summed E-state index contributed by atoms with van der Waals surface area (Å²) >= 11 is 0. The average molecular weight is 292 g/mol. The van der Waals surface area contributed by atoms with Crippen LogP contribution in [0.4, 0.5) is 0 Å². The normalized spacial score (nSPS) is 50.7. The van der Waals surface area contributed by atoms with E-state index in [0.717, 1.165) is 25.1 Å². The van der Waals surface area contributed by atoms with Gasteiger partial charge >= 0.3 is 5.97 Å². The molecule has 5 atom stereocenters. The summed E-state index contributed by atoms with van der Waals surface area (Å²) in [7, 11) is 2.37. The lowest BCUT2D eigenvalue weighted by Gasteiger charge is -2.56. The number of hydrogen-bond donors (Lipinski definition) is 1. The van der Waals surface area contributed by atoms with Gasteiger partial charge in [0, 0.05) is 12.3 Å². The van der Waals surface area contributed by atoms with Crippen LogP contribution < -0.4 is 0 Å². The van der Waals surface area contributed by atoms with Crippen LogP contribution in [0.1, 0.15) is 59.8 Å². The van der Waals surface area contributed by atoms with Crippen LogP contribution in [0, 0.1) is 22.2 Å². The zero-order valence-electron chi connectivity index (χ0n) is 14.2. The van der Waals surface area contributed by atoms with Crippen molar-refractivity contribution >= 4 is 13.8 Å². The Kier molecular flexibility index (Phi) is 3.13. The predicted octanol–water partition coefficient (Wildman–Crippen LogP) is 2.33. The molecule has 3 aliphatic carbocycles. The van der Waals surface area contributed by atoms with E-state index in [-0.39, 0.29) is 16.8 Å². The molecule has 3 saturated carbocycles. The van der Waals surface area contributed by atoms with Crippen LogP contribution in [-0.2, 0) is 9.53 Å². The van der Waals surface area contributed by atoms with Gasteiger partial charge in [0.1, 0.15) is 14.5 Å². The van der Waals surface area contributed by atoms with Crippen molar-refractivity contribution in [1.29, 1.82) is 0 Å². The summed E-state index contributed by atoms with van der Waals surface area (Å²) < 4.78 is 5.40. The van der Waals surface area contributed by atoms with E-state index in [1.54, 1.807) is 0 Å². The number of esters is 1. The van der Waals surface area contributed by atoms with Crippen LogP contribution >= 0.6 is 0 Å². The SMILES string of the molecule is B[C@H]1CCC23C[C@]2(COC(C)=O)[C@@](C)(O)CC[C@@H]3C1(C)C. The summed E-state index contributed by atoms with van der Waals surface area (Å²) in [4.78, 5) is 11.3. The molecule has 0 aromatic rings. The fourth-order valence-corrected chi connectivity index (χ4v) is 5.97. The molecule has 1 N–H and O–H groups in total. The van der Waals surface area contributed by atoms with Crippen molar-refractivity contribution in [2.24, 2.45) is 22.2 Å². The molecule has 21 heavy (non-hydrogen) atoms. The number of aliphatic hydroxyl groups is 1. The Morgan fingerprint density at radius 1 is 1.29 bits per heavy atom. The van der Waals surface area contributed by atoms with Crippen molar-refractivity contribution < 1.29 is 14.6 Å². The topological polar surface area (TPSA) is 46.5 Å². The summed E-state index contributed by atoms with van der Waals surface area (Å²) in [5.41, 5.74) is -0.394. The highest BCUT2D eigenvalue weighted by Gasteiger charge is 2.80. The molecule has 3 aliphatic rings. The Balaban J connectivity index is 1.95. The quantitative estimate of drug-likeness (QED) is 0.627. The van der Waals surface area contributed by atoms with Gasteiger partial charge in [-0.2, -0.15) is 0 Å². The van der Waals surface area contributed by atoms with E-state index in [1.807, 2.05) is 6.92 Å². The second-order valence-corrected chi connectivity index (χ2v) is 8.82. The first kappa shape index (κ1) is 15.4. The maximum atomic E-state index is 11.3.